The number of aliphatic hydroxyl groups is 1. The van der Waals surface area contributed by atoms with E-state index in [4.69, 9.17) is 10.8 Å². The molecule has 0 bridgehead atoms. The zero-order chi connectivity index (χ0) is 16.0. The van der Waals surface area contributed by atoms with E-state index >= 15 is 0 Å². The molecule has 0 spiro atoms. The van der Waals surface area contributed by atoms with Crippen LogP contribution in [0.4, 0.5) is 17.6 Å². The molecule has 0 aromatic carbocycles. The Kier molecular flexibility index (Phi) is 5.45. The molecule has 0 aliphatic rings. The minimum Gasteiger partial charge on any atom is -0.515 e. The molecule has 0 saturated carbocycles. The number of halogens is 4. The highest BCUT2D eigenvalue weighted by molar-refractivity contribution is 5.95. The van der Waals surface area contributed by atoms with E-state index in [1.807, 2.05) is 0 Å². The molecule has 8 heteroatoms. The van der Waals surface area contributed by atoms with Crippen LogP contribution < -0.4 is 5.73 Å². The number of rotatable bonds is 4. The molecular formula is C13H13F4N3O. The largest absolute Gasteiger partial charge is 0.515 e. The van der Waals surface area contributed by atoms with Crippen LogP contribution in [0.15, 0.2) is 47.1 Å². The summed E-state index contributed by atoms with van der Waals surface area (Å²) in [5, 5.41) is 8.61. The number of alkyl halides is 3. The predicted molar refractivity (Wildman–Crippen MR) is 70.1 cm³/mol. The van der Waals surface area contributed by atoms with E-state index in [9.17, 15) is 17.6 Å². The molecule has 0 unspecified atom stereocenters. The Hall–Kier alpha value is -2.38. The van der Waals surface area contributed by atoms with E-state index in [1.54, 1.807) is 0 Å². The van der Waals surface area contributed by atoms with Gasteiger partial charge in [-0.15, -0.1) is 0 Å². The molecule has 0 saturated heterocycles. The third-order valence-corrected chi connectivity index (χ3v) is 2.35. The van der Waals surface area contributed by atoms with Gasteiger partial charge in [0.1, 0.15) is 5.69 Å². The van der Waals surface area contributed by atoms with Crippen molar-refractivity contribution in [1.82, 2.24) is 4.98 Å². The molecule has 3 N–H and O–H groups in total. The van der Waals surface area contributed by atoms with Crippen LogP contribution in [-0.2, 0) is 12.7 Å². The molecule has 1 aromatic heterocycles. The SMILES string of the molecule is CC(=CO)C=C(F)C(N)=NCc1ccc(C(F)(F)F)nc1. The fourth-order valence-electron chi connectivity index (χ4n) is 1.25. The molecule has 0 aliphatic heterocycles. The smallest absolute Gasteiger partial charge is 0.433 e. The molecule has 1 heterocycles. The fraction of sp³-hybridized carbons (Fsp3) is 0.231. The maximum atomic E-state index is 13.4. The average Bonchev–Trinajstić information content (AvgIpc) is 2.43. The van der Waals surface area contributed by atoms with Crippen molar-refractivity contribution >= 4 is 5.84 Å². The zero-order valence-electron chi connectivity index (χ0n) is 11.0. The first kappa shape index (κ1) is 16.7. The molecule has 4 nitrogen and oxygen atoms in total. The van der Waals surface area contributed by atoms with Crippen LogP contribution in [-0.4, -0.2) is 15.9 Å². The summed E-state index contributed by atoms with van der Waals surface area (Å²) in [5.74, 6) is -1.27. The number of nitrogens with zero attached hydrogens (tertiary/aromatic N) is 2. The number of aliphatic hydroxyl groups excluding tert-OH is 1. The Balaban J connectivity index is 2.78. The van der Waals surface area contributed by atoms with Gasteiger partial charge in [-0.1, -0.05) is 6.07 Å². The number of aromatic nitrogens is 1. The van der Waals surface area contributed by atoms with Crippen LogP contribution >= 0.6 is 0 Å². The second-order valence-corrected chi connectivity index (χ2v) is 4.12. The monoisotopic (exact) mass is 303 g/mol. The molecule has 21 heavy (non-hydrogen) atoms. The number of aliphatic imine (C=N–C) groups is 1. The van der Waals surface area contributed by atoms with Gasteiger partial charge in [0.05, 0.1) is 12.8 Å². The van der Waals surface area contributed by atoms with Crippen molar-refractivity contribution in [1.29, 1.82) is 0 Å². The molecular weight excluding hydrogens is 290 g/mol. The molecule has 114 valence electrons. The highest BCUT2D eigenvalue weighted by Gasteiger charge is 2.31. The van der Waals surface area contributed by atoms with Crippen LogP contribution in [0.2, 0.25) is 0 Å². The van der Waals surface area contributed by atoms with Gasteiger partial charge in [0.15, 0.2) is 11.7 Å². The molecule has 0 radical (unpaired) electrons. The summed E-state index contributed by atoms with van der Waals surface area (Å²) in [4.78, 5) is 6.94. The molecule has 1 rings (SSSR count). The number of pyridine rings is 1. The third-order valence-electron chi connectivity index (χ3n) is 2.35. The van der Waals surface area contributed by atoms with Crippen molar-refractivity contribution in [2.24, 2.45) is 10.7 Å². The van der Waals surface area contributed by atoms with Crippen molar-refractivity contribution in [3.05, 3.63) is 53.3 Å². The lowest BCUT2D eigenvalue weighted by Crippen LogP contribution is -2.13. The minimum absolute atomic E-state index is 0.111. The minimum atomic E-state index is -4.51. The van der Waals surface area contributed by atoms with Gasteiger partial charge in [-0.25, -0.2) is 4.39 Å². The number of allylic oxidation sites excluding steroid dienone is 2. The first-order valence-electron chi connectivity index (χ1n) is 5.74. The lowest BCUT2D eigenvalue weighted by Gasteiger charge is -2.05. The van der Waals surface area contributed by atoms with E-state index in [0.29, 0.717) is 11.8 Å². The van der Waals surface area contributed by atoms with Crippen LogP contribution in [0.5, 0.6) is 0 Å². The predicted octanol–water partition coefficient (Wildman–Crippen LogP) is 3.27. The molecule has 0 amide bonds. The zero-order valence-corrected chi connectivity index (χ0v) is 11.0. The normalized spacial score (nSPS) is 14.4. The summed E-state index contributed by atoms with van der Waals surface area (Å²) in [6.07, 6.45) is -1.83. The Morgan fingerprint density at radius 1 is 1.43 bits per heavy atom. The average molecular weight is 303 g/mol. The maximum Gasteiger partial charge on any atom is 0.433 e. The lowest BCUT2D eigenvalue weighted by molar-refractivity contribution is -0.141. The van der Waals surface area contributed by atoms with E-state index in [-0.39, 0.29) is 12.1 Å². The quantitative estimate of drug-likeness (QED) is 0.295. The van der Waals surface area contributed by atoms with Crippen LogP contribution in [0.25, 0.3) is 0 Å². The lowest BCUT2D eigenvalue weighted by atomic mass is 10.2. The second kappa shape index (κ2) is 6.87. The topological polar surface area (TPSA) is 71.5 Å². The van der Waals surface area contributed by atoms with Gasteiger partial charge >= 0.3 is 6.18 Å². The first-order valence-corrected chi connectivity index (χ1v) is 5.74. The van der Waals surface area contributed by atoms with Crippen molar-refractivity contribution in [2.45, 2.75) is 19.6 Å². The summed E-state index contributed by atoms with van der Waals surface area (Å²) in [6, 6.07) is 2.00. The molecule has 0 fully saturated rings. The van der Waals surface area contributed by atoms with E-state index < -0.39 is 23.5 Å². The van der Waals surface area contributed by atoms with E-state index in [0.717, 1.165) is 18.3 Å². The third kappa shape index (κ3) is 5.25. The summed E-state index contributed by atoms with van der Waals surface area (Å²) in [7, 11) is 0. The van der Waals surface area contributed by atoms with Crippen LogP contribution in [0, 0.1) is 0 Å². The summed E-state index contributed by atoms with van der Waals surface area (Å²) in [6.45, 7) is 1.34. The van der Waals surface area contributed by atoms with E-state index in [2.05, 4.69) is 9.98 Å². The van der Waals surface area contributed by atoms with Crippen molar-refractivity contribution in [2.75, 3.05) is 0 Å². The fourth-order valence-corrected chi connectivity index (χ4v) is 1.25. The van der Waals surface area contributed by atoms with Crippen molar-refractivity contribution in [3.8, 4) is 0 Å². The van der Waals surface area contributed by atoms with Crippen LogP contribution in [0.1, 0.15) is 18.2 Å². The van der Waals surface area contributed by atoms with Gasteiger partial charge in [-0.05, 0) is 30.2 Å². The Morgan fingerprint density at radius 2 is 2.10 bits per heavy atom. The highest BCUT2D eigenvalue weighted by Crippen LogP contribution is 2.27. The molecule has 0 aliphatic carbocycles. The summed E-state index contributed by atoms with van der Waals surface area (Å²) < 4.78 is 50.4. The molecule has 0 atom stereocenters. The highest BCUT2D eigenvalue weighted by atomic mass is 19.4. The van der Waals surface area contributed by atoms with Crippen LogP contribution in [0.3, 0.4) is 0 Å². The standard InChI is InChI=1S/C13H13F4N3O/c1-8(7-21)4-10(14)12(18)20-6-9-2-3-11(19-5-9)13(15,16)17/h2-5,7,21H,6H2,1H3,(H2,18,20). The Labute approximate surface area is 118 Å². The Morgan fingerprint density at radius 3 is 2.57 bits per heavy atom. The summed E-state index contributed by atoms with van der Waals surface area (Å²) in [5.41, 5.74) is 4.94. The first-order chi connectivity index (χ1) is 9.74. The second-order valence-electron chi connectivity index (χ2n) is 4.12. The number of hydrogen-bond donors (Lipinski definition) is 2. The van der Waals surface area contributed by atoms with E-state index in [1.165, 1.54) is 13.0 Å². The van der Waals surface area contributed by atoms with Gasteiger partial charge in [0.2, 0.25) is 0 Å². The summed E-state index contributed by atoms with van der Waals surface area (Å²) >= 11 is 0. The number of hydrogen-bond acceptors (Lipinski definition) is 3. The Bertz CT molecular complexity index is 574. The van der Waals surface area contributed by atoms with Gasteiger partial charge < -0.3 is 10.8 Å². The molecule has 1 aromatic rings. The van der Waals surface area contributed by atoms with Gasteiger partial charge in [0.25, 0.3) is 0 Å². The van der Waals surface area contributed by atoms with Gasteiger partial charge in [0, 0.05) is 6.20 Å². The number of amidine groups is 1. The van der Waals surface area contributed by atoms with Gasteiger partial charge in [-0.2, -0.15) is 13.2 Å². The van der Waals surface area contributed by atoms with Crippen molar-refractivity contribution < 1.29 is 22.7 Å². The maximum absolute atomic E-state index is 13.4. The number of nitrogens with two attached hydrogens (primary N) is 1. The van der Waals surface area contributed by atoms with Gasteiger partial charge in [-0.3, -0.25) is 9.98 Å². The van der Waals surface area contributed by atoms with Crippen molar-refractivity contribution in [3.63, 3.8) is 0 Å².